The van der Waals surface area contributed by atoms with Gasteiger partial charge in [-0.3, -0.25) is 0 Å². The number of hydrogen-bond donors (Lipinski definition) is 0. The van der Waals surface area contributed by atoms with Crippen LogP contribution in [0.2, 0.25) is 0 Å². The molecule has 2 aromatic carbocycles. The van der Waals surface area contributed by atoms with Gasteiger partial charge in [-0.05, 0) is 42.0 Å². The van der Waals surface area contributed by atoms with Crippen LogP contribution in [0.1, 0.15) is 5.56 Å². The van der Waals surface area contributed by atoms with Crippen LogP contribution in [0.15, 0.2) is 53.4 Å². The molecule has 0 aliphatic rings. The molecule has 19 heavy (non-hydrogen) atoms. The highest BCUT2D eigenvalue weighted by Crippen LogP contribution is 2.18. The van der Waals surface area contributed by atoms with Crippen molar-refractivity contribution in [3.05, 3.63) is 59.9 Å². The van der Waals surface area contributed by atoms with Gasteiger partial charge in [0.05, 0.1) is 4.90 Å². The van der Waals surface area contributed by atoms with Gasteiger partial charge in [0.1, 0.15) is 18.2 Å². The van der Waals surface area contributed by atoms with E-state index in [2.05, 4.69) is 0 Å². The molecule has 0 aliphatic heterocycles. The summed E-state index contributed by atoms with van der Waals surface area (Å²) < 4.78 is 40.5. The third kappa shape index (κ3) is 3.94. The van der Waals surface area contributed by atoms with E-state index in [-0.39, 0.29) is 17.3 Å². The van der Waals surface area contributed by atoms with Gasteiger partial charge in [-0.2, -0.15) is 0 Å². The summed E-state index contributed by atoms with van der Waals surface area (Å²) >= 11 is 0. The molecule has 0 amide bonds. The smallest absolute Gasteiger partial charge is 0.261 e. The molecule has 100 valence electrons. The fourth-order valence-electron chi connectivity index (χ4n) is 1.48. The Labute approximate surface area is 115 Å². The van der Waals surface area contributed by atoms with Crippen LogP contribution in [0.3, 0.4) is 0 Å². The van der Waals surface area contributed by atoms with Gasteiger partial charge in [-0.1, -0.05) is 12.1 Å². The topological polar surface area (TPSA) is 43.4 Å². The quantitative estimate of drug-likeness (QED) is 0.814. The molecule has 0 atom stereocenters. The van der Waals surface area contributed by atoms with E-state index < -0.39 is 9.05 Å². The monoisotopic (exact) mass is 300 g/mol. The van der Waals surface area contributed by atoms with Crippen molar-refractivity contribution in [2.75, 3.05) is 0 Å². The Morgan fingerprint density at radius 2 is 1.79 bits per heavy atom. The molecule has 0 spiro atoms. The second kappa shape index (κ2) is 5.59. The van der Waals surface area contributed by atoms with E-state index in [1.807, 2.05) is 0 Å². The van der Waals surface area contributed by atoms with Crippen molar-refractivity contribution in [1.29, 1.82) is 0 Å². The van der Waals surface area contributed by atoms with Crippen molar-refractivity contribution in [2.45, 2.75) is 11.5 Å². The Hall–Kier alpha value is -1.59. The lowest BCUT2D eigenvalue weighted by Gasteiger charge is -2.07. The zero-order chi connectivity index (χ0) is 13.9. The van der Waals surface area contributed by atoms with Crippen LogP contribution in [0.25, 0.3) is 0 Å². The van der Waals surface area contributed by atoms with Gasteiger partial charge in [0.15, 0.2) is 0 Å². The molecule has 0 saturated carbocycles. The van der Waals surface area contributed by atoms with Gasteiger partial charge in [-0.15, -0.1) is 0 Å². The van der Waals surface area contributed by atoms with E-state index in [1.54, 1.807) is 12.1 Å². The Kier molecular flexibility index (Phi) is 4.07. The van der Waals surface area contributed by atoms with Gasteiger partial charge in [0.2, 0.25) is 0 Å². The Morgan fingerprint density at radius 1 is 1.11 bits per heavy atom. The third-order valence-electron chi connectivity index (χ3n) is 2.40. The molecule has 0 heterocycles. The van der Waals surface area contributed by atoms with Crippen molar-refractivity contribution in [2.24, 2.45) is 0 Å². The van der Waals surface area contributed by atoms with Crippen molar-refractivity contribution >= 4 is 19.7 Å². The molecule has 0 saturated heterocycles. The van der Waals surface area contributed by atoms with E-state index in [1.165, 1.54) is 36.4 Å². The molecule has 0 aromatic heterocycles. The van der Waals surface area contributed by atoms with E-state index in [9.17, 15) is 12.8 Å². The van der Waals surface area contributed by atoms with E-state index in [4.69, 9.17) is 15.4 Å². The molecule has 6 heteroatoms. The van der Waals surface area contributed by atoms with Crippen LogP contribution in [-0.4, -0.2) is 8.42 Å². The first-order valence-corrected chi connectivity index (χ1v) is 7.68. The minimum Gasteiger partial charge on any atom is -0.489 e. The maximum Gasteiger partial charge on any atom is 0.261 e. The summed E-state index contributed by atoms with van der Waals surface area (Å²) in [5.41, 5.74) is 0.658. The third-order valence-corrected chi connectivity index (χ3v) is 3.75. The van der Waals surface area contributed by atoms with Gasteiger partial charge in [0.25, 0.3) is 9.05 Å². The predicted molar refractivity (Wildman–Crippen MR) is 70.2 cm³/mol. The summed E-state index contributed by atoms with van der Waals surface area (Å²) in [6.07, 6.45) is 0. The zero-order valence-corrected chi connectivity index (χ0v) is 11.3. The summed E-state index contributed by atoms with van der Waals surface area (Å²) in [4.78, 5) is 0.0226. The molecule has 0 aliphatic carbocycles. The largest absolute Gasteiger partial charge is 0.489 e. The van der Waals surface area contributed by atoms with Crippen LogP contribution >= 0.6 is 10.7 Å². The van der Waals surface area contributed by atoms with Crippen molar-refractivity contribution in [3.63, 3.8) is 0 Å². The minimum absolute atomic E-state index is 0.0226. The number of benzene rings is 2. The van der Waals surface area contributed by atoms with Crippen molar-refractivity contribution in [3.8, 4) is 5.75 Å². The Morgan fingerprint density at radius 3 is 2.42 bits per heavy atom. The van der Waals surface area contributed by atoms with Crippen molar-refractivity contribution < 1.29 is 17.5 Å². The molecular weight excluding hydrogens is 291 g/mol. The highest BCUT2D eigenvalue weighted by Gasteiger charge is 2.10. The highest BCUT2D eigenvalue weighted by molar-refractivity contribution is 8.13. The summed E-state index contributed by atoms with van der Waals surface area (Å²) in [6.45, 7) is 0.173. The maximum atomic E-state index is 12.7. The number of halogens is 2. The molecular formula is C13H10ClFO3S. The first kappa shape index (κ1) is 13.8. The molecule has 0 bridgehead atoms. The summed E-state index contributed by atoms with van der Waals surface area (Å²) in [5.74, 6) is 0.156. The molecule has 2 aromatic rings. The van der Waals surface area contributed by atoms with Crippen LogP contribution in [0.5, 0.6) is 5.75 Å². The molecule has 0 N–H and O–H groups in total. The predicted octanol–water partition coefficient (Wildman–Crippen LogP) is 3.33. The highest BCUT2D eigenvalue weighted by atomic mass is 35.7. The maximum absolute atomic E-state index is 12.7. The summed E-state index contributed by atoms with van der Waals surface area (Å²) in [5, 5.41) is 0. The number of rotatable bonds is 4. The first-order chi connectivity index (χ1) is 8.95. The van der Waals surface area contributed by atoms with E-state index in [0.717, 1.165) is 0 Å². The fraction of sp³-hybridized carbons (Fsp3) is 0.0769. The average molecular weight is 301 g/mol. The normalized spacial score (nSPS) is 11.3. The standard InChI is InChI=1S/C13H10ClFO3S/c14-19(16,17)13-3-1-2-10(8-13)9-18-12-6-4-11(15)5-7-12/h1-8H,9H2. The van der Waals surface area contributed by atoms with Crippen molar-refractivity contribution in [1.82, 2.24) is 0 Å². The second-order valence-corrected chi connectivity index (χ2v) is 6.39. The molecule has 0 fully saturated rings. The fourth-order valence-corrected chi connectivity index (χ4v) is 2.31. The van der Waals surface area contributed by atoms with Gasteiger partial charge in [-0.25, -0.2) is 12.8 Å². The summed E-state index contributed by atoms with van der Waals surface area (Å²) in [7, 11) is 1.51. The van der Waals surface area contributed by atoms with E-state index in [0.29, 0.717) is 11.3 Å². The Bertz CT molecular complexity index is 669. The second-order valence-electron chi connectivity index (χ2n) is 3.83. The Balaban J connectivity index is 2.10. The first-order valence-electron chi connectivity index (χ1n) is 5.37. The minimum atomic E-state index is -3.75. The molecule has 3 nitrogen and oxygen atoms in total. The number of hydrogen-bond acceptors (Lipinski definition) is 3. The van der Waals surface area contributed by atoms with Crippen LogP contribution in [0.4, 0.5) is 4.39 Å². The van der Waals surface area contributed by atoms with Gasteiger partial charge < -0.3 is 4.74 Å². The van der Waals surface area contributed by atoms with Gasteiger partial charge >= 0.3 is 0 Å². The van der Waals surface area contributed by atoms with E-state index >= 15 is 0 Å². The molecule has 0 radical (unpaired) electrons. The van der Waals surface area contributed by atoms with Crippen LogP contribution < -0.4 is 4.74 Å². The lowest BCUT2D eigenvalue weighted by atomic mass is 10.2. The average Bonchev–Trinajstić information content (AvgIpc) is 2.37. The van der Waals surface area contributed by atoms with Gasteiger partial charge in [0, 0.05) is 10.7 Å². The van der Waals surface area contributed by atoms with Crippen LogP contribution in [-0.2, 0) is 15.7 Å². The summed E-state index contributed by atoms with van der Waals surface area (Å²) in [6, 6.07) is 11.7. The SMILES string of the molecule is O=S(=O)(Cl)c1cccc(COc2ccc(F)cc2)c1. The zero-order valence-electron chi connectivity index (χ0n) is 9.71. The molecule has 2 rings (SSSR count). The lowest BCUT2D eigenvalue weighted by molar-refractivity contribution is 0.305. The lowest BCUT2D eigenvalue weighted by Crippen LogP contribution is -1.98. The number of ether oxygens (including phenoxy) is 1. The molecule has 0 unspecified atom stereocenters. The van der Waals surface area contributed by atoms with Crippen LogP contribution in [0, 0.1) is 5.82 Å².